The van der Waals surface area contributed by atoms with Gasteiger partial charge in [0.25, 0.3) is 0 Å². The largest absolute Gasteiger partial charge is 0.310 e. The Morgan fingerprint density at radius 2 is 0.742 bits per heavy atom. The van der Waals surface area contributed by atoms with E-state index in [1.165, 1.54) is 5.56 Å². The molecule has 0 saturated heterocycles. The molecule has 1 nitrogen and oxygen atoms in total. The van der Waals surface area contributed by atoms with Crippen LogP contribution in [0.1, 0.15) is 27.7 Å². The number of benzene rings is 11. The third kappa shape index (κ3) is 6.81. The van der Waals surface area contributed by atoms with Crippen molar-refractivity contribution in [2.75, 3.05) is 4.90 Å². The molecule has 310 valence electrons. The van der Waals surface area contributed by atoms with Gasteiger partial charge in [0.15, 0.2) is 0 Å². The molecule has 0 spiro atoms. The van der Waals surface area contributed by atoms with Crippen molar-refractivity contribution in [1.82, 2.24) is 0 Å². The highest BCUT2D eigenvalue weighted by Gasteiger charge is 2.46. The van der Waals surface area contributed by atoms with Gasteiger partial charge in [-0.15, -0.1) is 0 Å². The Morgan fingerprint density at radius 3 is 1.41 bits per heavy atom. The van der Waals surface area contributed by atoms with E-state index in [1.54, 1.807) is 0 Å². The van der Waals surface area contributed by atoms with E-state index >= 15 is 0 Å². The second-order valence-electron chi connectivity index (χ2n) is 17.0. The van der Waals surface area contributed by atoms with Gasteiger partial charge < -0.3 is 4.90 Å². The van der Waals surface area contributed by atoms with Crippen molar-refractivity contribution in [3.05, 3.63) is 295 Å². The van der Waals surface area contributed by atoms with E-state index in [0.717, 1.165) is 72.0 Å². The van der Waals surface area contributed by atoms with E-state index in [1.807, 2.05) is 71.6 Å². The van der Waals surface area contributed by atoms with Crippen molar-refractivity contribution in [3.63, 3.8) is 0 Å². The van der Waals surface area contributed by atoms with Gasteiger partial charge in [0.1, 0.15) is 0 Å². The summed E-state index contributed by atoms with van der Waals surface area (Å²) in [6.07, 6.45) is 0. The van der Waals surface area contributed by atoms with Gasteiger partial charge in [0.05, 0.1) is 10.9 Å². The molecule has 0 saturated carbocycles. The van der Waals surface area contributed by atoms with Crippen LogP contribution in [0.2, 0.25) is 0 Å². The van der Waals surface area contributed by atoms with Crippen molar-refractivity contribution in [3.8, 4) is 55.6 Å². The summed E-state index contributed by atoms with van der Waals surface area (Å²) in [6.45, 7) is 0. The third-order valence-electron chi connectivity index (χ3n) is 13.2. The molecule has 66 heavy (non-hydrogen) atoms. The molecule has 0 heterocycles. The van der Waals surface area contributed by atoms with Gasteiger partial charge in [-0.05, 0) is 143 Å². The Labute approximate surface area is 392 Å². The summed E-state index contributed by atoms with van der Waals surface area (Å²) in [5, 5.41) is 2.26. The summed E-state index contributed by atoms with van der Waals surface area (Å²) in [7, 11) is 0. The molecule has 0 bridgehead atoms. The predicted octanol–water partition coefficient (Wildman–Crippen LogP) is 17.3. The molecule has 0 atom stereocenters. The molecule has 0 amide bonds. The number of hydrogen-bond acceptors (Lipinski definition) is 1. The first-order valence-corrected chi connectivity index (χ1v) is 22.5. The molecule has 1 aliphatic rings. The lowest BCUT2D eigenvalue weighted by Gasteiger charge is -2.35. The zero-order valence-electron chi connectivity index (χ0n) is 40.1. The molecule has 12 rings (SSSR count). The Hall–Kier alpha value is -8.52. The standard InChI is InChI=1S/C65H45N/c1-4-16-46(17-5-1)51-20-14-21-52(42-51)48-32-36-58(37-33-48)66(59-38-34-49(35-39-59)53-22-15-23-54(43-53)55-31-30-47-18-10-11-19-50(47)44-55)60-40-41-62-61-28-12-13-29-63(61)65(64(62)45-60,56-24-6-2-7-25-56)57-26-8-3-9-27-57/h1-45H/i34D,35D,38D,39D. The van der Waals surface area contributed by atoms with E-state index in [0.29, 0.717) is 16.9 Å². The molecule has 11 aromatic rings. The van der Waals surface area contributed by atoms with Crippen LogP contribution in [0, 0.1) is 0 Å². The number of anilines is 3. The highest BCUT2D eigenvalue weighted by Crippen LogP contribution is 2.57. The Morgan fingerprint density at radius 1 is 0.273 bits per heavy atom. The van der Waals surface area contributed by atoms with Crippen LogP contribution in [0.15, 0.2) is 273 Å². The first-order valence-electron chi connectivity index (χ1n) is 24.5. The third-order valence-corrected chi connectivity index (χ3v) is 13.2. The Balaban J connectivity index is 1.05. The first kappa shape index (κ1) is 34.9. The van der Waals surface area contributed by atoms with E-state index in [-0.39, 0.29) is 35.4 Å². The summed E-state index contributed by atoms with van der Waals surface area (Å²) < 4.78 is 39.3. The van der Waals surface area contributed by atoms with Gasteiger partial charge in [-0.1, -0.05) is 218 Å². The lowest BCUT2D eigenvalue weighted by Crippen LogP contribution is -2.28. The zero-order valence-corrected chi connectivity index (χ0v) is 36.1. The molecule has 1 heteroatoms. The molecule has 1 aliphatic carbocycles. The van der Waals surface area contributed by atoms with Crippen molar-refractivity contribution < 1.29 is 5.48 Å². The van der Waals surface area contributed by atoms with Crippen LogP contribution in [0.3, 0.4) is 0 Å². The molecule has 0 unspecified atom stereocenters. The first-order chi connectivity index (χ1) is 34.4. The highest BCUT2D eigenvalue weighted by atomic mass is 15.1. The van der Waals surface area contributed by atoms with E-state index in [9.17, 15) is 5.48 Å². The molecule has 0 aromatic heterocycles. The number of fused-ring (bicyclic) bond motifs is 4. The molecular weight excluding hydrogens is 795 g/mol. The second-order valence-corrected chi connectivity index (χ2v) is 17.0. The molecule has 0 radical (unpaired) electrons. The van der Waals surface area contributed by atoms with Crippen LogP contribution in [0.4, 0.5) is 17.1 Å². The maximum Gasteiger partial charge on any atom is 0.0714 e. The van der Waals surface area contributed by atoms with E-state index < -0.39 is 5.41 Å². The Bertz CT molecular complexity index is 3690. The molecule has 0 fully saturated rings. The van der Waals surface area contributed by atoms with Gasteiger partial charge >= 0.3 is 0 Å². The van der Waals surface area contributed by atoms with Crippen LogP contribution < -0.4 is 4.90 Å². The highest BCUT2D eigenvalue weighted by molar-refractivity contribution is 5.91. The minimum absolute atomic E-state index is 0.109. The summed E-state index contributed by atoms with van der Waals surface area (Å²) in [4.78, 5) is 1.92. The number of hydrogen-bond donors (Lipinski definition) is 0. The maximum atomic E-state index is 9.92. The lowest BCUT2D eigenvalue weighted by molar-refractivity contribution is 0.768. The smallest absolute Gasteiger partial charge is 0.0714 e. The fourth-order valence-corrected chi connectivity index (χ4v) is 10.1. The fourth-order valence-electron chi connectivity index (χ4n) is 10.1. The normalized spacial score (nSPS) is 13.2. The quantitative estimate of drug-likeness (QED) is 0.140. The minimum atomic E-state index is -0.696. The van der Waals surface area contributed by atoms with E-state index in [4.69, 9.17) is 0 Å². The fraction of sp³-hybridized carbons (Fsp3) is 0.0154. The van der Waals surface area contributed by atoms with Crippen LogP contribution in [-0.4, -0.2) is 0 Å². The Kier molecular flexibility index (Phi) is 8.75. The van der Waals surface area contributed by atoms with E-state index in [2.05, 4.69) is 182 Å². The van der Waals surface area contributed by atoms with Crippen molar-refractivity contribution >= 4 is 27.8 Å². The van der Waals surface area contributed by atoms with Crippen molar-refractivity contribution in [1.29, 1.82) is 0 Å². The second kappa shape index (κ2) is 16.6. The zero-order chi connectivity index (χ0) is 47.3. The molecule has 0 N–H and O–H groups in total. The molecule has 0 aliphatic heterocycles. The topological polar surface area (TPSA) is 3.24 Å². The summed E-state index contributed by atoms with van der Waals surface area (Å²) in [5.41, 5.74) is 14.8. The van der Waals surface area contributed by atoms with Gasteiger partial charge in [-0.2, -0.15) is 0 Å². The SMILES string of the molecule is [2H]c1c([2H])c(N(c2ccc(-c3cccc(-c4ccccc4)c3)cc2)c2ccc3c(c2)C(c2ccccc2)(c2ccccc2)c2ccccc2-3)c([2H])c([2H])c1-c1cccc(-c2ccc3ccccc3c2)c1. The van der Waals surface area contributed by atoms with Crippen LogP contribution in [0.5, 0.6) is 0 Å². The lowest BCUT2D eigenvalue weighted by atomic mass is 9.67. The van der Waals surface area contributed by atoms with Gasteiger partial charge in [-0.3, -0.25) is 0 Å². The van der Waals surface area contributed by atoms with Crippen LogP contribution in [0.25, 0.3) is 66.4 Å². The van der Waals surface area contributed by atoms with Crippen molar-refractivity contribution in [2.45, 2.75) is 5.41 Å². The maximum absolute atomic E-state index is 9.92. The average molecular weight is 844 g/mol. The number of nitrogens with zero attached hydrogens (tertiary/aromatic N) is 1. The monoisotopic (exact) mass is 843 g/mol. The van der Waals surface area contributed by atoms with Crippen LogP contribution >= 0.6 is 0 Å². The summed E-state index contributed by atoms with van der Waals surface area (Å²) in [6, 6.07) is 85.3. The van der Waals surface area contributed by atoms with Crippen molar-refractivity contribution in [2.24, 2.45) is 0 Å². The number of rotatable bonds is 9. The van der Waals surface area contributed by atoms with Gasteiger partial charge in [0.2, 0.25) is 0 Å². The van der Waals surface area contributed by atoms with Gasteiger partial charge in [0, 0.05) is 17.1 Å². The average Bonchev–Trinajstić information content (AvgIpc) is 3.72. The minimum Gasteiger partial charge on any atom is -0.310 e. The molecule has 11 aromatic carbocycles. The summed E-state index contributed by atoms with van der Waals surface area (Å²) in [5.74, 6) is 0. The predicted molar refractivity (Wildman–Crippen MR) is 278 cm³/mol. The summed E-state index contributed by atoms with van der Waals surface area (Å²) >= 11 is 0. The van der Waals surface area contributed by atoms with Crippen LogP contribution in [-0.2, 0) is 5.41 Å². The van der Waals surface area contributed by atoms with Gasteiger partial charge in [-0.25, -0.2) is 0 Å². The molecular formula is C65H45N.